The lowest BCUT2D eigenvalue weighted by Gasteiger charge is -2.41. The average molecular weight is 392 g/mol. The third-order valence-corrected chi connectivity index (χ3v) is 6.03. The second-order valence-electron chi connectivity index (χ2n) is 9.91. The number of amides is 1. The Bertz CT molecular complexity index is 879. The van der Waals surface area contributed by atoms with Gasteiger partial charge in [-0.2, -0.15) is 0 Å². The molecule has 152 valence electrons. The lowest BCUT2D eigenvalue weighted by molar-refractivity contribution is -0.812. The Hall–Kier alpha value is -2.43. The van der Waals surface area contributed by atoms with E-state index in [1.165, 1.54) is 0 Å². The predicted octanol–water partition coefficient (Wildman–Crippen LogP) is 2.68. The van der Waals surface area contributed by atoms with E-state index >= 15 is 0 Å². The number of piperidine rings is 1. The SMILES string of the molecule is CC1(C)CC([NH2+]CC(=O)N2c3ccccc3C=Cc3ccccc32)CC(C)(C)[NH2+]1. The van der Waals surface area contributed by atoms with Gasteiger partial charge in [-0.25, -0.2) is 0 Å². The molecule has 29 heavy (non-hydrogen) atoms. The van der Waals surface area contributed by atoms with Crippen LogP contribution in [0.5, 0.6) is 0 Å². The molecule has 2 aliphatic rings. The van der Waals surface area contributed by atoms with Crippen LogP contribution in [-0.2, 0) is 4.79 Å². The van der Waals surface area contributed by atoms with Crippen molar-refractivity contribution in [3.05, 3.63) is 59.7 Å². The maximum Gasteiger partial charge on any atom is 0.286 e. The maximum atomic E-state index is 13.5. The minimum Gasteiger partial charge on any atom is -0.337 e. The summed E-state index contributed by atoms with van der Waals surface area (Å²) in [6.45, 7) is 9.69. The molecular formula is C25H33N3O+2. The number of carbonyl (C=O) groups excluding carboxylic acids is 1. The molecular weight excluding hydrogens is 358 g/mol. The van der Waals surface area contributed by atoms with Gasteiger partial charge in [-0.3, -0.25) is 9.69 Å². The van der Waals surface area contributed by atoms with Gasteiger partial charge >= 0.3 is 0 Å². The molecule has 4 rings (SSSR count). The number of carbonyl (C=O) groups is 1. The van der Waals surface area contributed by atoms with E-state index in [0.29, 0.717) is 12.6 Å². The molecule has 1 saturated heterocycles. The van der Waals surface area contributed by atoms with Crippen LogP contribution in [0.2, 0.25) is 0 Å². The maximum absolute atomic E-state index is 13.5. The van der Waals surface area contributed by atoms with Gasteiger partial charge in [0.15, 0.2) is 6.54 Å². The highest BCUT2D eigenvalue weighted by Gasteiger charge is 2.43. The normalized spacial score (nSPS) is 19.9. The van der Waals surface area contributed by atoms with Crippen molar-refractivity contribution in [2.75, 3.05) is 11.4 Å². The number of quaternary nitrogens is 2. The number of rotatable bonds is 3. The fourth-order valence-electron chi connectivity index (χ4n) is 5.37. The lowest BCUT2D eigenvalue weighted by Crippen LogP contribution is -3.09. The van der Waals surface area contributed by atoms with Gasteiger partial charge in [0.05, 0.1) is 41.3 Å². The summed E-state index contributed by atoms with van der Waals surface area (Å²) in [6, 6.07) is 16.8. The Balaban J connectivity index is 1.58. The molecule has 4 N–H and O–H groups in total. The van der Waals surface area contributed by atoms with Gasteiger partial charge in [0.1, 0.15) is 0 Å². The summed E-state index contributed by atoms with van der Waals surface area (Å²) in [4.78, 5) is 15.4. The first kappa shape index (κ1) is 19.9. The molecule has 2 aromatic rings. The van der Waals surface area contributed by atoms with E-state index in [-0.39, 0.29) is 17.0 Å². The van der Waals surface area contributed by atoms with Crippen molar-refractivity contribution in [1.29, 1.82) is 0 Å². The molecule has 0 unspecified atom stereocenters. The second-order valence-corrected chi connectivity index (χ2v) is 9.91. The van der Waals surface area contributed by atoms with Gasteiger partial charge < -0.3 is 10.6 Å². The zero-order valence-electron chi connectivity index (χ0n) is 18.0. The fraction of sp³-hybridized carbons (Fsp3) is 0.400. The highest BCUT2D eigenvalue weighted by atomic mass is 16.2. The van der Waals surface area contributed by atoms with Gasteiger partial charge in [0, 0.05) is 0 Å². The molecule has 0 aromatic heterocycles. The molecule has 0 radical (unpaired) electrons. The Kier molecular flexibility index (Phi) is 5.09. The van der Waals surface area contributed by atoms with Crippen molar-refractivity contribution < 1.29 is 15.4 Å². The highest BCUT2D eigenvalue weighted by molar-refractivity contribution is 6.06. The van der Waals surface area contributed by atoms with Crippen LogP contribution < -0.4 is 15.5 Å². The number of para-hydroxylation sites is 2. The molecule has 0 atom stereocenters. The first-order chi connectivity index (χ1) is 13.7. The van der Waals surface area contributed by atoms with Crippen LogP contribution in [0, 0.1) is 0 Å². The Labute approximate surface area is 174 Å². The van der Waals surface area contributed by atoms with Crippen molar-refractivity contribution in [3.8, 4) is 0 Å². The van der Waals surface area contributed by atoms with E-state index in [1.54, 1.807) is 0 Å². The molecule has 2 aromatic carbocycles. The molecule has 4 nitrogen and oxygen atoms in total. The van der Waals surface area contributed by atoms with Crippen LogP contribution in [0.1, 0.15) is 51.7 Å². The van der Waals surface area contributed by atoms with Crippen molar-refractivity contribution in [1.82, 2.24) is 0 Å². The number of hydrogen-bond donors (Lipinski definition) is 2. The molecule has 4 heteroatoms. The molecule has 1 fully saturated rings. The highest BCUT2D eigenvalue weighted by Crippen LogP contribution is 2.36. The Morgan fingerprint density at radius 3 is 1.93 bits per heavy atom. The van der Waals surface area contributed by atoms with E-state index in [1.807, 2.05) is 41.3 Å². The molecule has 1 amide bonds. The zero-order valence-corrected chi connectivity index (χ0v) is 18.0. The quantitative estimate of drug-likeness (QED) is 0.830. The number of anilines is 2. The predicted molar refractivity (Wildman–Crippen MR) is 119 cm³/mol. The molecule has 0 saturated carbocycles. The molecule has 0 aliphatic carbocycles. The summed E-state index contributed by atoms with van der Waals surface area (Å²) in [7, 11) is 0. The number of nitrogens with zero attached hydrogens (tertiary/aromatic N) is 1. The smallest absolute Gasteiger partial charge is 0.286 e. The van der Waals surface area contributed by atoms with E-state index in [2.05, 4.69) is 62.6 Å². The van der Waals surface area contributed by atoms with Crippen LogP contribution in [0.15, 0.2) is 48.5 Å². The Morgan fingerprint density at radius 1 is 0.931 bits per heavy atom. The Morgan fingerprint density at radius 2 is 1.41 bits per heavy atom. The minimum absolute atomic E-state index is 0.138. The summed E-state index contributed by atoms with van der Waals surface area (Å²) in [5.41, 5.74) is 4.49. The molecule has 2 heterocycles. The molecule has 0 bridgehead atoms. The van der Waals surface area contributed by atoms with Crippen LogP contribution in [0.25, 0.3) is 12.2 Å². The zero-order chi connectivity index (χ0) is 20.6. The largest absolute Gasteiger partial charge is 0.337 e. The van der Waals surface area contributed by atoms with Crippen LogP contribution in [0.4, 0.5) is 11.4 Å². The lowest BCUT2D eigenvalue weighted by atomic mass is 9.79. The first-order valence-corrected chi connectivity index (χ1v) is 10.6. The number of nitrogens with two attached hydrogens (primary N) is 2. The van der Waals surface area contributed by atoms with Gasteiger partial charge in [0.2, 0.25) is 0 Å². The van der Waals surface area contributed by atoms with Gasteiger partial charge in [0.25, 0.3) is 5.91 Å². The van der Waals surface area contributed by atoms with Crippen molar-refractivity contribution >= 4 is 29.4 Å². The van der Waals surface area contributed by atoms with Crippen molar-refractivity contribution in [3.63, 3.8) is 0 Å². The summed E-state index contributed by atoms with van der Waals surface area (Å²) < 4.78 is 0. The number of benzene rings is 2. The van der Waals surface area contributed by atoms with Gasteiger partial charge in [-0.15, -0.1) is 0 Å². The number of hydrogen-bond acceptors (Lipinski definition) is 1. The fourth-order valence-corrected chi connectivity index (χ4v) is 5.37. The standard InChI is InChI=1S/C25H31N3O/c1-24(2)15-20(16-25(3,4)27-24)26-17-23(29)28-21-11-7-5-9-18(21)13-14-19-10-6-8-12-22(19)28/h5-14,20,26-27H,15-17H2,1-4H3/p+2. The van der Waals surface area contributed by atoms with E-state index < -0.39 is 0 Å². The third kappa shape index (κ3) is 4.29. The van der Waals surface area contributed by atoms with Crippen LogP contribution >= 0.6 is 0 Å². The van der Waals surface area contributed by atoms with Crippen LogP contribution in [-0.4, -0.2) is 29.6 Å². The first-order valence-electron chi connectivity index (χ1n) is 10.6. The monoisotopic (exact) mass is 391 g/mol. The van der Waals surface area contributed by atoms with E-state index in [0.717, 1.165) is 35.3 Å². The summed E-state index contributed by atoms with van der Waals surface area (Å²) in [5, 5.41) is 4.75. The average Bonchev–Trinajstić information content (AvgIpc) is 2.80. The van der Waals surface area contributed by atoms with E-state index in [9.17, 15) is 4.79 Å². The molecule has 2 aliphatic heterocycles. The second kappa shape index (κ2) is 7.43. The number of fused-ring (bicyclic) bond motifs is 2. The topological polar surface area (TPSA) is 53.5 Å². The minimum atomic E-state index is 0.138. The third-order valence-electron chi connectivity index (χ3n) is 6.03. The van der Waals surface area contributed by atoms with Crippen LogP contribution in [0.3, 0.4) is 0 Å². The summed E-state index contributed by atoms with van der Waals surface area (Å²) in [5.74, 6) is 0.138. The summed E-state index contributed by atoms with van der Waals surface area (Å²) >= 11 is 0. The molecule has 0 spiro atoms. The van der Waals surface area contributed by atoms with Crippen molar-refractivity contribution in [2.24, 2.45) is 0 Å². The van der Waals surface area contributed by atoms with Gasteiger partial charge in [-0.1, -0.05) is 48.6 Å². The summed E-state index contributed by atoms with van der Waals surface area (Å²) in [6.07, 6.45) is 6.43. The van der Waals surface area contributed by atoms with Gasteiger partial charge in [-0.05, 0) is 51.0 Å². The van der Waals surface area contributed by atoms with E-state index in [4.69, 9.17) is 0 Å². The van der Waals surface area contributed by atoms with Crippen molar-refractivity contribution in [2.45, 2.75) is 57.7 Å².